The zero-order valence-electron chi connectivity index (χ0n) is 14.4. The van der Waals surface area contributed by atoms with E-state index < -0.39 is 42.0 Å². The number of hydrogen-bond acceptors (Lipinski definition) is 4. The molecule has 1 aromatic heterocycles. The molecule has 3 aromatic rings. The largest absolute Gasteiger partial charge is 0.481 e. The second kappa shape index (κ2) is 6.87. The molecule has 0 saturated carbocycles. The van der Waals surface area contributed by atoms with Crippen LogP contribution in [-0.4, -0.2) is 28.2 Å². The molecule has 8 heteroatoms. The molecule has 2 unspecified atom stereocenters. The summed E-state index contributed by atoms with van der Waals surface area (Å²) in [6, 6.07) is 7.15. The zero-order valence-corrected chi connectivity index (χ0v) is 15.2. The van der Waals surface area contributed by atoms with Crippen LogP contribution in [0.5, 0.6) is 0 Å². The number of anilines is 1. The number of nitrogens with zero attached hydrogens (tertiary/aromatic N) is 1. The predicted octanol–water partition coefficient (Wildman–Crippen LogP) is 4.21. The quantitative estimate of drug-likeness (QED) is 0.667. The normalized spacial score (nSPS) is 18.4. The average molecular weight is 403 g/mol. The van der Waals surface area contributed by atoms with Crippen molar-refractivity contribution in [1.29, 1.82) is 0 Å². The van der Waals surface area contributed by atoms with Gasteiger partial charge in [0.15, 0.2) is 0 Å². The van der Waals surface area contributed by atoms with E-state index in [0.29, 0.717) is 16.6 Å². The van der Waals surface area contributed by atoms with Gasteiger partial charge in [-0.05, 0) is 52.9 Å². The molecular formula is C20H15F2NO4S. The Bertz CT molecular complexity index is 1100. The lowest BCUT2D eigenvalue weighted by Gasteiger charge is -2.26. The van der Waals surface area contributed by atoms with Crippen molar-refractivity contribution in [3.63, 3.8) is 0 Å². The third kappa shape index (κ3) is 3.09. The highest BCUT2D eigenvalue weighted by Crippen LogP contribution is 2.45. The highest BCUT2D eigenvalue weighted by molar-refractivity contribution is 7.17. The van der Waals surface area contributed by atoms with E-state index in [0.717, 1.165) is 10.3 Å². The fourth-order valence-corrected chi connectivity index (χ4v) is 4.81. The molecule has 2 aromatic carbocycles. The molecule has 2 atom stereocenters. The Morgan fingerprint density at radius 3 is 2.50 bits per heavy atom. The van der Waals surface area contributed by atoms with Crippen LogP contribution in [0, 0.1) is 11.6 Å². The van der Waals surface area contributed by atoms with Crippen molar-refractivity contribution < 1.29 is 28.6 Å². The Morgan fingerprint density at radius 1 is 1.07 bits per heavy atom. The van der Waals surface area contributed by atoms with E-state index in [1.54, 1.807) is 11.0 Å². The third-order valence-electron chi connectivity index (χ3n) is 5.02. The molecule has 0 aliphatic carbocycles. The van der Waals surface area contributed by atoms with Crippen LogP contribution < -0.4 is 4.90 Å². The molecule has 1 aliphatic heterocycles. The minimum absolute atomic E-state index is 0.148. The van der Waals surface area contributed by atoms with Crippen molar-refractivity contribution in [2.45, 2.75) is 24.9 Å². The first-order chi connectivity index (χ1) is 13.3. The molecule has 0 amide bonds. The molecule has 1 aliphatic rings. The van der Waals surface area contributed by atoms with Crippen molar-refractivity contribution in [3.8, 4) is 0 Å². The van der Waals surface area contributed by atoms with Gasteiger partial charge in [0.1, 0.15) is 17.7 Å². The van der Waals surface area contributed by atoms with Crippen molar-refractivity contribution >= 4 is 39.0 Å². The molecule has 0 radical (unpaired) electrons. The Labute approximate surface area is 162 Å². The molecule has 0 saturated heterocycles. The minimum Gasteiger partial charge on any atom is -0.481 e. The topological polar surface area (TPSA) is 77.8 Å². The SMILES string of the molecule is O=C(O)CC1c2cc(F)ccc2N(Cc2csc3ccc(F)cc23)C1C(=O)O. The molecule has 2 N–H and O–H groups in total. The molecule has 0 spiro atoms. The summed E-state index contributed by atoms with van der Waals surface area (Å²) in [5.74, 6) is -4.18. The van der Waals surface area contributed by atoms with Crippen LogP contribution in [0.15, 0.2) is 41.8 Å². The minimum atomic E-state index is -1.19. The summed E-state index contributed by atoms with van der Waals surface area (Å²) < 4.78 is 28.4. The summed E-state index contributed by atoms with van der Waals surface area (Å²) in [4.78, 5) is 24.9. The monoisotopic (exact) mass is 403 g/mol. The van der Waals surface area contributed by atoms with Crippen LogP contribution >= 0.6 is 11.3 Å². The summed E-state index contributed by atoms with van der Waals surface area (Å²) in [7, 11) is 0. The number of benzene rings is 2. The standard InChI is InChI=1S/C20H15F2NO4S/c21-11-1-3-16-14(6-11)15(7-18(24)25)19(20(26)27)23(16)8-10-9-28-17-4-2-12(22)5-13(10)17/h1-6,9,15,19H,7-8H2,(H,24,25)(H,26,27). The molecule has 4 rings (SSSR count). The maximum Gasteiger partial charge on any atom is 0.327 e. The molecule has 0 fully saturated rings. The van der Waals surface area contributed by atoms with Crippen molar-refractivity contribution in [1.82, 2.24) is 0 Å². The van der Waals surface area contributed by atoms with Crippen molar-refractivity contribution in [2.75, 3.05) is 4.90 Å². The number of thiophene rings is 1. The summed E-state index contributed by atoms with van der Waals surface area (Å²) in [6.07, 6.45) is -0.428. The number of fused-ring (bicyclic) bond motifs is 2. The van der Waals surface area contributed by atoms with E-state index in [1.165, 1.54) is 41.7 Å². The van der Waals surface area contributed by atoms with Gasteiger partial charge in [-0.15, -0.1) is 11.3 Å². The molecule has 0 bridgehead atoms. The van der Waals surface area contributed by atoms with E-state index in [9.17, 15) is 28.6 Å². The number of carboxylic acids is 2. The first-order valence-corrected chi connectivity index (χ1v) is 9.39. The molecule has 2 heterocycles. The second-order valence-corrected chi connectivity index (χ2v) is 7.63. The number of hydrogen-bond donors (Lipinski definition) is 2. The molecule has 28 heavy (non-hydrogen) atoms. The summed E-state index contributed by atoms with van der Waals surface area (Å²) in [5.41, 5.74) is 1.58. The summed E-state index contributed by atoms with van der Waals surface area (Å²) in [5, 5.41) is 21.6. The van der Waals surface area contributed by atoms with Crippen molar-refractivity contribution in [2.24, 2.45) is 0 Å². The van der Waals surface area contributed by atoms with Crippen LogP contribution in [0.1, 0.15) is 23.5 Å². The van der Waals surface area contributed by atoms with Gasteiger partial charge >= 0.3 is 11.9 Å². The van der Waals surface area contributed by atoms with E-state index in [-0.39, 0.29) is 6.54 Å². The zero-order chi connectivity index (χ0) is 20.0. The lowest BCUT2D eigenvalue weighted by Crippen LogP contribution is -2.40. The van der Waals surface area contributed by atoms with Gasteiger partial charge in [-0.1, -0.05) is 0 Å². The smallest absolute Gasteiger partial charge is 0.327 e. The number of carbonyl (C=O) groups is 2. The van der Waals surface area contributed by atoms with Crippen LogP contribution in [0.4, 0.5) is 14.5 Å². The van der Waals surface area contributed by atoms with Gasteiger partial charge in [0.05, 0.1) is 6.42 Å². The van der Waals surface area contributed by atoms with Gasteiger partial charge in [0.25, 0.3) is 0 Å². The van der Waals surface area contributed by atoms with E-state index in [4.69, 9.17) is 0 Å². The first-order valence-electron chi connectivity index (χ1n) is 8.51. The Balaban J connectivity index is 1.81. The summed E-state index contributed by atoms with van der Waals surface area (Å²) >= 11 is 1.42. The number of halogens is 2. The van der Waals surface area contributed by atoms with E-state index >= 15 is 0 Å². The Kier molecular flexibility index (Phi) is 4.50. The lowest BCUT2D eigenvalue weighted by molar-refractivity contribution is -0.140. The fraction of sp³-hybridized carbons (Fsp3) is 0.200. The van der Waals surface area contributed by atoms with Crippen LogP contribution in [-0.2, 0) is 16.1 Å². The summed E-state index contributed by atoms with van der Waals surface area (Å²) in [6.45, 7) is 0.148. The van der Waals surface area contributed by atoms with Gasteiger partial charge in [0.2, 0.25) is 0 Å². The van der Waals surface area contributed by atoms with Crippen LogP contribution in [0.3, 0.4) is 0 Å². The van der Waals surface area contributed by atoms with Gasteiger partial charge in [-0.25, -0.2) is 13.6 Å². The highest BCUT2D eigenvalue weighted by atomic mass is 32.1. The van der Waals surface area contributed by atoms with Gasteiger partial charge < -0.3 is 15.1 Å². The number of carboxylic acid groups (broad SMARTS) is 2. The van der Waals surface area contributed by atoms with Crippen LogP contribution in [0.2, 0.25) is 0 Å². The number of rotatable bonds is 5. The maximum absolute atomic E-state index is 13.8. The van der Waals surface area contributed by atoms with Crippen molar-refractivity contribution in [3.05, 3.63) is 64.5 Å². The lowest BCUT2D eigenvalue weighted by atomic mass is 9.91. The van der Waals surface area contributed by atoms with Crippen LogP contribution in [0.25, 0.3) is 10.1 Å². The van der Waals surface area contributed by atoms with Gasteiger partial charge in [-0.2, -0.15) is 0 Å². The fourth-order valence-electron chi connectivity index (χ4n) is 3.88. The van der Waals surface area contributed by atoms with Gasteiger partial charge in [0, 0.05) is 28.2 Å². The van der Waals surface area contributed by atoms with E-state index in [2.05, 4.69) is 0 Å². The Morgan fingerprint density at radius 2 is 1.79 bits per heavy atom. The highest BCUT2D eigenvalue weighted by Gasteiger charge is 2.44. The second-order valence-electron chi connectivity index (χ2n) is 6.72. The van der Waals surface area contributed by atoms with E-state index in [1.807, 2.05) is 5.38 Å². The average Bonchev–Trinajstić information content (AvgIpc) is 3.14. The Hall–Kier alpha value is -3.00. The first kappa shape index (κ1) is 18.4. The third-order valence-corrected chi connectivity index (χ3v) is 6.03. The maximum atomic E-state index is 13.8. The molecular weight excluding hydrogens is 388 g/mol. The molecule has 5 nitrogen and oxygen atoms in total. The predicted molar refractivity (Wildman–Crippen MR) is 101 cm³/mol. The van der Waals surface area contributed by atoms with Gasteiger partial charge in [-0.3, -0.25) is 4.79 Å². The number of aliphatic carboxylic acids is 2. The molecule has 144 valence electrons.